The van der Waals surface area contributed by atoms with Gasteiger partial charge in [-0.3, -0.25) is 19.7 Å². The molecule has 1 atom stereocenters. The Morgan fingerprint density at radius 3 is 2.54 bits per heavy atom. The SMILES string of the molecule is COc1ccc(CC2SC(=O)NC2=O)cc1C(=O)CCc1ccccc1. The number of aryl methyl sites for hydroxylation is 1. The highest BCUT2D eigenvalue weighted by atomic mass is 32.2. The van der Waals surface area contributed by atoms with E-state index in [1.807, 2.05) is 36.4 Å². The number of methoxy groups -OCH3 is 1. The van der Waals surface area contributed by atoms with Gasteiger partial charge in [0, 0.05) is 6.42 Å². The van der Waals surface area contributed by atoms with Crippen LogP contribution in [0.5, 0.6) is 5.75 Å². The summed E-state index contributed by atoms with van der Waals surface area (Å²) in [6.07, 6.45) is 1.43. The molecule has 6 heteroatoms. The second kappa shape index (κ2) is 8.19. The number of rotatable bonds is 7. The molecule has 1 heterocycles. The van der Waals surface area contributed by atoms with Gasteiger partial charge in [-0.05, 0) is 36.1 Å². The van der Waals surface area contributed by atoms with Crippen molar-refractivity contribution in [1.29, 1.82) is 0 Å². The van der Waals surface area contributed by atoms with Crippen molar-refractivity contribution in [3.63, 3.8) is 0 Å². The van der Waals surface area contributed by atoms with E-state index in [-0.39, 0.29) is 16.9 Å². The third-order valence-electron chi connectivity index (χ3n) is 4.24. The Bertz CT molecular complexity index is 835. The van der Waals surface area contributed by atoms with E-state index in [4.69, 9.17) is 4.74 Å². The van der Waals surface area contributed by atoms with Gasteiger partial charge in [-0.1, -0.05) is 48.2 Å². The average Bonchev–Trinajstić information content (AvgIpc) is 2.97. The van der Waals surface area contributed by atoms with Crippen molar-refractivity contribution in [2.45, 2.75) is 24.5 Å². The van der Waals surface area contributed by atoms with Crippen LogP contribution < -0.4 is 10.1 Å². The lowest BCUT2D eigenvalue weighted by Crippen LogP contribution is -2.25. The van der Waals surface area contributed by atoms with Crippen molar-refractivity contribution < 1.29 is 19.1 Å². The van der Waals surface area contributed by atoms with E-state index in [0.29, 0.717) is 30.6 Å². The van der Waals surface area contributed by atoms with Gasteiger partial charge in [0.25, 0.3) is 5.24 Å². The number of nitrogens with one attached hydrogen (secondary N) is 1. The summed E-state index contributed by atoms with van der Waals surface area (Å²) in [5, 5.41) is 1.50. The zero-order chi connectivity index (χ0) is 18.5. The van der Waals surface area contributed by atoms with Gasteiger partial charge in [0.1, 0.15) is 5.75 Å². The van der Waals surface area contributed by atoms with Gasteiger partial charge < -0.3 is 4.74 Å². The normalized spacial score (nSPS) is 16.4. The molecular formula is C20H19NO4S. The number of hydrogen-bond donors (Lipinski definition) is 1. The molecule has 0 saturated carbocycles. The first kappa shape index (κ1) is 18.2. The number of thioether (sulfide) groups is 1. The Balaban J connectivity index is 1.73. The first-order chi connectivity index (χ1) is 12.6. The molecule has 0 aliphatic carbocycles. The molecule has 1 N–H and O–H groups in total. The molecule has 1 aliphatic rings. The highest BCUT2D eigenvalue weighted by Crippen LogP contribution is 2.27. The minimum atomic E-state index is -0.455. The maximum absolute atomic E-state index is 12.7. The largest absolute Gasteiger partial charge is 0.496 e. The van der Waals surface area contributed by atoms with Crippen LogP contribution in [0, 0.1) is 0 Å². The van der Waals surface area contributed by atoms with Gasteiger partial charge in [0.2, 0.25) is 5.91 Å². The van der Waals surface area contributed by atoms with Gasteiger partial charge in [-0.15, -0.1) is 0 Å². The van der Waals surface area contributed by atoms with Crippen LogP contribution in [0.4, 0.5) is 4.79 Å². The van der Waals surface area contributed by atoms with E-state index in [0.717, 1.165) is 22.9 Å². The first-order valence-corrected chi connectivity index (χ1v) is 9.20. The summed E-state index contributed by atoms with van der Waals surface area (Å²) in [4.78, 5) is 35.7. The van der Waals surface area contributed by atoms with Gasteiger partial charge in [0.15, 0.2) is 5.78 Å². The number of benzene rings is 2. The van der Waals surface area contributed by atoms with E-state index >= 15 is 0 Å². The molecule has 2 amide bonds. The molecule has 0 aromatic heterocycles. The first-order valence-electron chi connectivity index (χ1n) is 8.32. The lowest BCUT2D eigenvalue weighted by molar-refractivity contribution is -0.118. The summed E-state index contributed by atoms with van der Waals surface area (Å²) < 4.78 is 5.32. The van der Waals surface area contributed by atoms with Crippen molar-refractivity contribution >= 4 is 28.7 Å². The lowest BCUT2D eigenvalue weighted by Gasteiger charge is -2.11. The molecule has 1 fully saturated rings. The Labute approximate surface area is 156 Å². The Kier molecular flexibility index (Phi) is 5.73. The molecule has 2 aromatic carbocycles. The Morgan fingerprint density at radius 2 is 1.88 bits per heavy atom. The monoisotopic (exact) mass is 369 g/mol. The summed E-state index contributed by atoms with van der Waals surface area (Å²) in [5.74, 6) is 0.228. The van der Waals surface area contributed by atoms with Crippen molar-refractivity contribution in [2.24, 2.45) is 0 Å². The molecule has 134 valence electrons. The zero-order valence-corrected chi connectivity index (χ0v) is 15.2. The van der Waals surface area contributed by atoms with Crippen LogP contribution >= 0.6 is 11.8 Å². The third-order valence-corrected chi connectivity index (χ3v) is 5.22. The smallest absolute Gasteiger partial charge is 0.286 e. The van der Waals surface area contributed by atoms with Crippen molar-refractivity contribution in [3.05, 3.63) is 65.2 Å². The van der Waals surface area contributed by atoms with E-state index in [2.05, 4.69) is 5.32 Å². The zero-order valence-electron chi connectivity index (χ0n) is 14.4. The van der Waals surface area contributed by atoms with Gasteiger partial charge in [-0.25, -0.2) is 0 Å². The van der Waals surface area contributed by atoms with Crippen LogP contribution in [0.25, 0.3) is 0 Å². The number of carbonyl (C=O) groups is 3. The Morgan fingerprint density at radius 1 is 1.12 bits per heavy atom. The predicted octanol–water partition coefficient (Wildman–Crippen LogP) is 3.40. The number of amides is 2. The Hall–Kier alpha value is -2.60. The molecule has 3 rings (SSSR count). The van der Waals surface area contributed by atoms with Gasteiger partial charge in [0.05, 0.1) is 17.9 Å². The van der Waals surface area contributed by atoms with E-state index in [9.17, 15) is 14.4 Å². The fourth-order valence-corrected chi connectivity index (χ4v) is 3.74. The highest BCUT2D eigenvalue weighted by molar-refractivity contribution is 8.15. The van der Waals surface area contributed by atoms with Crippen LogP contribution in [0.2, 0.25) is 0 Å². The van der Waals surface area contributed by atoms with E-state index < -0.39 is 5.25 Å². The molecule has 26 heavy (non-hydrogen) atoms. The average molecular weight is 369 g/mol. The quantitative estimate of drug-likeness (QED) is 0.757. The van der Waals surface area contributed by atoms with Crippen LogP contribution in [0.15, 0.2) is 48.5 Å². The maximum atomic E-state index is 12.7. The number of hydrogen-bond acceptors (Lipinski definition) is 5. The molecule has 0 bridgehead atoms. The molecular weight excluding hydrogens is 350 g/mol. The topological polar surface area (TPSA) is 72.5 Å². The minimum Gasteiger partial charge on any atom is -0.496 e. The molecule has 0 radical (unpaired) electrons. The standard InChI is InChI=1S/C20H19NO4S/c1-25-17-10-8-14(12-18-19(23)21-20(24)26-18)11-15(17)16(22)9-7-13-5-3-2-4-6-13/h2-6,8,10-11,18H,7,9,12H2,1H3,(H,21,23,24). The molecule has 2 aromatic rings. The predicted molar refractivity (Wildman–Crippen MR) is 101 cm³/mol. The molecule has 1 unspecified atom stereocenters. The van der Waals surface area contributed by atoms with Crippen molar-refractivity contribution in [1.82, 2.24) is 5.32 Å². The fourth-order valence-electron chi connectivity index (χ4n) is 2.88. The van der Waals surface area contributed by atoms with Crippen LogP contribution in [-0.2, 0) is 17.6 Å². The summed E-state index contributed by atoms with van der Waals surface area (Å²) >= 11 is 0.984. The van der Waals surface area contributed by atoms with E-state index in [1.165, 1.54) is 7.11 Å². The molecule has 0 spiro atoms. The number of imide groups is 1. The second-order valence-corrected chi connectivity index (χ2v) is 7.21. The van der Waals surface area contributed by atoms with Crippen LogP contribution in [0.1, 0.15) is 27.9 Å². The summed E-state index contributed by atoms with van der Waals surface area (Å²) in [6, 6.07) is 15.2. The number of ketones is 1. The summed E-state index contributed by atoms with van der Waals surface area (Å²) in [6.45, 7) is 0. The van der Waals surface area contributed by atoms with Crippen LogP contribution in [-0.4, -0.2) is 29.3 Å². The van der Waals surface area contributed by atoms with Crippen molar-refractivity contribution in [3.8, 4) is 5.75 Å². The minimum absolute atomic E-state index is 0.00726. The summed E-state index contributed by atoms with van der Waals surface area (Å²) in [7, 11) is 1.53. The molecule has 5 nitrogen and oxygen atoms in total. The number of ether oxygens (including phenoxy) is 1. The molecule has 1 aliphatic heterocycles. The maximum Gasteiger partial charge on any atom is 0.286 e. The number of Topliss-reactive ketones (excluding diaryl/α,β-unsaturated/α-hetero) is 1. The van der Waals surface area contributed by atoms with Crippen LogP contribution in [0.3, 0.4) is 0 Å². The van der Waals surface area contributed by atoms with Gasteiger partial charge >= 0.3 is 0 Å². The summed E-state index contributed by atoms with van der Waals surface area (Å²) in [5.41, 5.74) is 2.44. The fraction of sp³-hybridized carbons (Fsp3) is 0.250. The highest BCUT2D eigenvalue weighted by Gasteiger charge is 2.31. The lowest BCUT2D eigenvalue weighted by atomic mass is 9.98. The number of carbonyl (C=O) groups excluding carboxylic acids is 3. The van der Waals surface area contributed by atoms with E-state index in [1.54, 1.807) is 12.1 Å². The third kappa shape index (κ3) is 4.32. The van der Waals surface area contributed by atoms with Crippen molar-refractivity contribution in [2.75, 3.05) is 7.11 Å². The second-order valence-electron chi connectivity index (χ2n) is 6.03. The molecule has 1 saturated heterocycles. The van der Waals surface area contributed by atoms with Gasteiger partial charge in [-0.2, -0.15) is 0 Å².